The summed E-state index contributed by atoms with van der Waals surface area (Å²) in [5.74, 6) is 1.60. The summed E-state index contributed by atoms with van der Waals surface area (Å²) in [6.07, 6.45) is 4.60. The third-order valence-electron chi connectivity index (χ3n) is 4.12. The van der Waals surface area contributed by atoms with Gasteiger partial charge in [-0.1, -0.05) is 6.07 Å². The molecule has 2 aromatic heterocycles. The number of methoxy groups -OCH3 is 1. The fourth-order valence-electron chi connectivity index (χ4n) is 2.68. The maximum absolute atomic E-state index is 5.19. The highest BCUT2D eigenvalue weighted by atomic mass is 127. The van der Waals surface area contributed by atoms with Crippen molar-refractivity contribution in [3.05, 3.63) is 72.3 Å². The monoisotopic (exact) mass is 506 g/mol. The lowest BCUT2D eigenvalue weighted by Crippen LogP contribution is -2.38. The lowest BCUT2D eigenvalue weighted by molar-refractivity contribution is 0.414. The topological polar surface area (TPSA) is 76.4 Å². The molecule has 2 heterocycles. The highest BCUT2D eigenvalue weighted by Gasteiger charge is 2.03. The van der Waals surface area contributed by atoms with Crippen LogP contribution >= 0.6 is 24.0 Å². The second-order valence-corrected chi connectivity index (χ2v) is 6.14. The summed E-state index contributed by atoms with van der Waals surface area (Å²) in [4.78, 5) is 8.96. The van der Waals surface area contributed by atoms with E-state index in [1.54, 1.807) is 7.11 Å². The number of guanidine groups is 1. The lowest BCUT2D eigenvalue weighted by Gasteiger charge is -2.10. The molecule has 0 radical (unpaired) electrons. The number of benzene rings is 1. The molecular weight excluding hydrogens is 479 g/mol. The summed E-state index contributed by atoms with van der Waals surface area (Å²) in [7, 11) is 1.66. The molecule has 0 aliphatic carbocycles. The van der Waals surface area contributed by atoms with Gasteiger partial charge in [0.1, 0.15) is 5.75 Å². The number of nitrogens with one attached hydrogen (secondary N) is 2. The van der Waals surface area contributed by atoms with Crippen molar-refractivity contribution in [2.24, 2.45) is 4.99 Å². The van der Waals surface area contributed by atoms with Crippen LogP contribution in [0.3, 0.4) is 0 Å². The Hall–Kier alpha value is -2.62. The van der Waals surface area contributed by atoms with Crippen molar-refractivity contribution in [1.29, 1.82) is 0 Å². The van der Waals surface area contributed by atoms with Crippen molar-refractivity contribution < 1.29 is 4.74 Å². The van der Waals surface area contributed by atoms with Gasteiger partial charge in [-0.3, -0.25) is 4.98 Å². The lowest BCUT2D eigenvalue weighted by atomic mass is 10.3. The van der Waals surface area contributed by atoms with E-state index in [2.05, 4.69) is 25.7 Å². The summed E-state index contributed by atoms with van der Waals surface area (Å²) >= 11 is 0. The summed E-state index contributed by atoms with van der Waals surface area (Å²) in [6, 6.07) is 15.7. The van der Waals surface area contributed by atoms with E-state index in [1.807, 2.05) is 72.5 Å². The van der Waals surface area contributed by atoms with Crippen LogP contribution in [-0.2, 0) is 13.0 Å². The first-order chi connectivity index (χ1) is 13.8. The Morgan fingerprint density at radius 1 is 1.07 bits per heavy atom. The van der Waals surface area contributed by atoms with Crippen LogP contribution in [0.25, 0.3) is 5.69 Å². The fourth-order valence-corrected chi connectivity index (χ4v) is 2.68. The van der Waals surface area contributed by atoms with Crippen LogP contribution in [0.2, 0.25) is 0 Å². The van der Waals surface area contributed by atoms with Crippen molar-refractivity contribution in [3.8, 4) is 11.4 Å². The van der Waals surface area contributed by atoms with E-state index >= 15 is 0 Å². The second-order valence-electron chi connectivity index (χ2n) is 6.14. The third kappa shape index (κ3) is 7.04. The molecular formula is C21H27IN6O. The highest BCUT2D eigenvalue weighted by molar-refractivity contribution is 14.0. The SMILES string of the molecule is CCNC(=NCc1ccn(-c2ccc(OC)cc2)n1)NCCc1ccccn1.I. The van der Waals surface area contributed by atoms with Gasteiger partial charge in [0.25, 0.3) is 0 Å². The van der Waals surface area contributed by atoms with Crippen LogP contribution in [-0.4, -0.2) is 40.9 Å². The molecule has 0 saturated heterocycles. The molecule has 154 valence electrons. The van der Waals surface area contributed by atoms with Gasteiger partial charge in [-0.25, -0.2) is 9.67 Å². The van der Waals surface area contributed by atoms with E-state index in [0.717, 1.165) is 48.3 Å². The van der Waals surface area contributed by atoms with Crippen LogP contribution in [0.4, 0.5) is 0 Å². The number of halogens is 1. The predicted molar refractivity (Wildman–Crippen MR) is 126 cm³/mol. The first kappa shape index (κ1) is 22.7. The van der Waals surface area contributed by atoms with E-state index in [0.29, 0.717) is 6.54 Å². The van der Waals surface area contributed by atoms with Crippen LogP contribution in [0.1, 0.15) is 18.3 Å². The molecule has 0 aliphatic heterocycles. The van der Waals surface area contributed by atoms with E-state index in [-0.39, 0.29) is 24.0 Å². The van der Waals surface area contributed by atoms with Crippen LogP contribution < -0.4 is 15.4 Å². The predicted octanol–water partition coefficient (Wildman–Crippen LogP) is 3.19. The minimum Gasteiger partial charge on any atom is -0.497 e. The molecule has 0 bridgehead atoms. The Labute approximate surface area is 188 Å². The van der Waals surface area contributed by atoms with Gasteiger partial charge in [-0.2, -0.15) is 5.10 Å². The first-order valence-electron chi connectivity index (χ1n) is 9.39. The maximum Gasteiger partial charge on any atom is 0.191 e. The summed E-state index contributed by atoms with van der Waals surface area (Å²) in [5.41, 5.74) is 2.94. The van der Waals surface area contributed by atoms with Gasteiger partial charge < -0.3 is 15.4 Å². The number of pyridine rings is 1. The molecule has 0 unspecified atom stereocenters. The molecule has 8 heteroatoms. The zero-order valence-electron chi connectivity index (χ0n) is 16.7. The van der Waals surface area contributed by atoms with Crippen molar-refractivity contribution in [3.63, 3.8) is 0 Å². The molecule has 0 saturated carbocycles. The average Bonchev–Trinajstić information content (AvgIpc) is 3.22. The standard InChI is InChI=1S/C21H26N6O.HI/c1-3-22-21(24-14-11-17-6-4-5-13-23-17)25-16-18-12-15-27(26-18)19-7-9-20(28-2)10-8-19;/h4-10,12-13,15H,3,11,14,16H2,1-2H3,(H2,22,24,25);1H. The van der Waals surface area contributed by atoms with Gasteiger partial charge in [0.05, 0.1) is 25.0 Å². The molecule has 2 N–H and O–H groups in total. The van der Waals surface area contributed by atoms with Gasteiger partial charge in [-0.05, 0) is 49.4 Å². The number of aliphatic imine (C=N–C) groups is 1. The van der Waals surface area contributed by atoms with Crippen LogP contribution in [0.5, 0.6) is 5.75 Å². The van der Waals surface area contributed by atoms with Gasteiger partial charge in [-0.15, -0.1) is 24.0 Å². The Morgan fingerprint density at radius 2 is 1.90 bits per heavy atom. The Kier molecular flexibility index (Phi) is 9.42. The Bertz CT molecular complexity index is 880. The molecule has 3 rings (SSSR count). The van der Waals surface area contributed by atoms with Gasteiger partial charge in [0.2, 0.25) is 0 Å². The third-order valence-corrected chi connectivity index (χ3v) is 4.12. The molecule has 0 atom stereocenters. The van der Waals surface area contributed by atoms with E-state index in [1.165, 1.54) is 0 Å². The first-order valence-corrected chi connectivity index (χ1v) is 9.39. The normalized spacial score (nSPS) is 10.9. The smallest absolute Gasteiger partial charge is 0.191 e. The molecule has 0 fully saturated rings. The minimum atomic E-state index is 0. The minimum absolute atomic E-state index is 0. The van der Waals surface area contributed by atoms with Crippen molar-refractivity contribution in [2.75, 3.05) is 20.2 Å². The van der Waals surface area contributed by atoms with Crippen molar-refractivity contribution >= 4 is 29.9 Å². The molecule has 7 nitrogen and oxygen atoms in total. The maximum atomic E-state index is 5.19. The van der Waals surface area contributed by atoms with Crippen molar-refractivity contribution in [2.45, 2.75) is 19.9 Å². The zero-order valence-corrected chi connectivity index (χ0v) is 19.0. The number of rotatable bonds is 8. The largest absolute Gasteiger partial charge is 0.497 e. The summed E-state index contributed by atoms with van der Waals surface area (Å²) in [5, 5.41) is 11.2. The molecule has 0 aliphatic rings. The number of hydrogen-bond donors (Lipinski definition) is 2. The number of ether oxygens (including phenoxy) is 1. The number of nitrogens with zero attached hydrogens (tertiary/aromatic N) is 4. The molecule has 29 heavy (non-hydrogen) atoms. The Balaban J connectivity index is 0.00000300. The number of hydrogen-bond acceptors (Lipinski definition) is 4. The van der Waals surface area contributed by atoms with Gasteiger partial charge >= 0.3 is 0 Å². The molecule has 1 aromatic carbocycles. The molecule has 0 amide bonds. The van der Waals surface area contributed by atoms with E-state index in [9.17, 15) is 0 Å². The highest BCUT2D eigenvalue weighted by Crippen LogP contribution is 2.14. The average molecular weight is 506 g/mol. The number of aromatic nitrogens is 3. The zero-order chi connectivity index (χ0) is 19.6. The van der Waals surface area contributed by atoms with Gasteiger partial charge in [0.15, 0.2) is 5.96 Å². The molecule has 0 spiro atoms. The Morgan fingerprint density at radius 3 is 2.59 bits per heavy atom. The summed E-state index contributed by atoms with van der Waals surface area (Å²) < 4.78 is 7.03. The van der Waals surface area contributed by atoms with E-state index in [4.69, 9.17) is 4.74 Å². The molecule has 3 aromatic rings. The quantitative estimate of drug-likeness (QED) is 0.279. The van der Waals surface area contributed by atoms with Crippen molar-refractivity contribution in [1.82, 2.24) is 25.4 Å². The fraction of sp³-hybridized carbons (Fsp3) is 0.286. The van der Waals surface area contributed by atoms with Crippen LogP contribution in [0, 0.1) is 0 Å². The second kappa shape index (κ2) is 12.1. The van der Waals surface area contributed by atoms with Gasteiger partial charge in [0, 0.05) is 37.6 Å². The summed E-state index contributed by atoms with van der Waals surface area (Å²) in [6.45, 7) is 4.12. The van der Waals surface area contributed by atoms with Crippen LogP contribution in [0.15, 0.2) is 65.9 Å². The van der Waals surface area contributed by atoms with E-state index < -0.39 is 0 Å².